The van der Waals surface area contributed by atoms with Gasteiger partial charge in [-0.25, -0.2) is 5.43 Å². The Kier molecular flexibility index (Phi) is 4.99. The molecule has 0 radical (unpaired) electrons. The van der Waals surface area contributed by atoms with Crippen LogP contribution in [0.2, 0.25) is 0 Å². The van der Waals surface area contributed by atoms with E-state index in [9.17, 15) is 4.79 Å². The molecule has 0 aromatic heterocycles. The SMILES string of the molecule is Cc1cccc(C)c1/C=N/NC(=O)c1ccc(C(C)(C)C)cc1. The van der Waals surface area contributed by atoms with Gasteiger partial charge in [-0.3, -0.25) is 4.79 Å². The molecule has 1 N–H and O–H groups in total. The lowest BCUT2D eigenvalue weighted by Crippen LogP contribution is -2.18. The quantitative estimate of drug-likeness (QED) is 0.664. The number of amides is 1. The maximum absolute atomic E-state index is 12.1. The summed E-state index contributed by atoms with van der Waals surface area (Å²) in [6.45, 7) is 10.5. The first-order chi connectivity index (χ1) is 10.8. The third-order valence-electron chi connectivity index (χ3n) is 3.91. The highest BCUT2D eigenvalue weighted by molar-refractivity contribution is 5.95. The number of hydrogen-bond acceptors (Lipinski definition) is 2. The van der Waals surface area contributed by atoms with Gasteiger partial charge in [0.1, 0.15) is 0 Å². The Morgan fingerprint density at radius 2 is 1.57 bits per heavy atom. The molecule has 0 saturated carbocycles. The van der Waals surface area contributed by atoms with Crippen LogP contribution in [0.25, 0.3) is 0 Å². The number of hydrazone groups is 1. The maximum atomic E-state index is 12.1. The van der Waals surface area contributed by atoms with Crippen molar-refractivity contribution in [1.82, 2.24) is 5.43 Å². The van der Waals surface area contributed by atoms with Crippen molar-refractivity contribution < 1.29 is 4.79 Å². The van der Waals surface area contributed by atoms with Gasteiger partial charge >= 0.3 is 0 Å². The summed E-state index contributed by atoms with van der Waals surface area (Å²) < 4.78 is 0. The molecule has 0 aliphatic heterocycles. The Hall–Kier alpha value is -2.42. The van der Waals surface area contributed by atoms with Gasteiger partial charge < -0.3 is 0 Å². The lowest BCUT2D eigenvalue weighted by atomic mass is 9.87. The average Bonchev–Trinajstić information content (AvgIpc) is 2.49. The number of aryl methyl sites for hydroxylation is 2. The summed E-state index contributed by atoms with van der Waals surface area (Å²) in [6, 6.07) is 13.7. The first-order valence-corrected chi connectivity index (χ1v) is 7.79. The van der Waals surface area contributed by atoms with E-state index in [2.05, 4.69) is 31.3 Å². The molecule has 3 nitrogen and oxygen atoms in total. The standard InChI is InChI=1S/C20H24N2O/c1-14-7-6-8-15(2)18(14)13-21-22-19(23)16-9-11-17(12-10-16)20(3,4)5/h6-13H,1-5H3,(H,22,23)/b21-13+. The number of nitrogens with zero attached hydrogens (tertiary/aromatic N) is 1. The Bertz CT molecular complexity index is 702. The van der Waals surface area contributed by atoms with E-state index in [0.717, 1.165) is 16.7 Å². The van der Waals surface area contributed by atoms with Crippen molar-refractivity contribution in [2.75, 3.05) is 0 Å². The summed E-state index contributed by atoms with van der Waals surface area (Å²) in [6.07, 6.45) is 1.70. The lowest BCUT2D eigenvalue weighted by Gasteiger charge is -2.18. The topological polar surface area (TPSA) is 41.5 Å². The monoisotopic (exact) mass is 308 g/mol. The largest absolute Gasteiger partial charge is 0.271 e. The van der Waals surface area contributed by atoms with Crippen LogP contribution in [0.15, 0.2) is 47.6 Å². The van der Waals surface area contributed by atoms with Crippen molar-refractivity contribution >= 4 is 12.1 Å². The van der Waals surface area contributed by atoms with Crippen molar-refractivity contribution in [3.8, 4) is 0 Å². The highest BCUT2D eigenvalue weighted by Gasteiger charge is 2.14. The second-order valence-electron chi connectivity index (χ2n) is 6.83. The molecule has 0 spiro atoms. The third kappa shape index (κ3) is 4.28. The van der Waals surface area contributed by atoms with Gasteiger partial charge in [-0.2, -0.15) is 5.10 Å². The summed E-state index contributed by atoms with van der Waals surface area (Å²) >= 11 is 0. The van der Waals surface area contributed by atoms with E-state index >= 15 is 0 Å². The molecule has 3 heteroatoms. The van der Waals surface area contributed by atoms with Crippen molar-refractivity contribution in [3.05, 3.63) is 70.3 Å². The van der Waals surface area contributed by atoms with E-state index in [-0.39, 0.29) is 11.3 Å². The molecule has 0 fully saturated rings. The second kappa shape index (κ2) is 6.78. The highest BCUT2D eigenvalue weighted by atomic mass is 16.2. The number of hydrogen-bond donors (Lipinski definition) is 1. The number of nitrogens with one attached hydrogen (secondary N) is 1. The van der Waals surface area contributed by atoms with Gasteiger partial charge in [0.15, 0.2) is 0 Å². The van der Waals surface area contributed by atoms with Crippen LogP contribution in [-0.2, 0) is 5.41 Å². The highest BCUT2D eigenvalue weighted by Crippen LogP contribution is 2.22. The molecule has 0 unspecified atom stereocenters. The first kappa shape index (κ1) is 16.9. The molecule has 0 heterocycles. The van der Waals surface area contributed by atoms with Crippen molar-refractivity contribution in [1.29, 1.82) is 0 Å². The van der Waals surface area contributed by atoms with Gasteiger partial charge in [0.2, 0.25) is 0 Å². The molecule has 0 atom stereocenters. The molecule has 0 bridgehead atoms. The number of benzene rings is 2. The molecule has 2 rings (SSSR count). The van der Waals surface area contributed by atoms with Crippen LogP contribution >= 0.6 is 0 Å². The maximum Gasteiger partial charge on any atom is 0.271 e. The second-order valence-corrected chi connectivity index (χ2v) is 6.83. The van der Waals surface area contributed by atoms with E-state index in [1.165, 1.54) is 5.56 Å². The summed E-state index contributed by atoms with van der Waals surface area (Å²) in [5.74, 6) is -0.201. The molecule has 0 aliphatic carbocycles. The van der Waals surface area contributed by atoms with E-state index in [4.69, 9.17) is 0 Å². The van der Waals surface area contributed by atoms with Crippen LogP contribution in [0.4, 0.5) is 0 Å². The molecule has 0 saturated heterocycles. The van der Waals surface area contributed by atoms with Gasteiger partial charge in [-0.05, 0) is 48.1 Å². The fourth-order valence-corrected chi connectivity index (χ4v) is 2.37. The van der Waals surface area contributed by atoms with Gasteiger partial charge in [0.25, 0.3) is 5.91 Å². The fraction of sp³-hybridized carbons (Fsp3) is 0.300. The molecule has 2 aromatic carbocycles. The normalized spacial score (nSPS) is 11.7. The van der Waals surface area contributed by atoms with Crippen LogP contribution in [0, 0.1) is 13.8 Å². The average molecular weight is 308 g/mol. The summed E-state index contributed by atoms with van der Waals surface area (Å²) in [4.78, 5) is 12.1. The number of rotatable bonds is 3. The predicted octanol–water partition coefficient (Wildman–Crippen LogP) is 4.36. The zero-order valence-corrected chi connectivity index (χ0v) is 14.5. The van der Waals surface area contributed by atoms with Crippen LogP contribution in [0.1, 0.15) is 53.4 Å². The van der Waals surface area contributed by atoms with Crippen LogP contribution < -0.4 is 5.43 Å². The van der Waals surface area contributed by atoms with Gasteiger partial charge in [0, 0.05) is 11.1 Å². The van der Waals surface area contributed by atoms with E-state index in [1.54, 1.807) is 6.21 Å². The molecule has 1 amide bonds. The number of carbonyl (C=O) groups is 1. The minimum absolute atomic E-state index is 0.0789. The first-order valence-electron chi connectivity index (χ1n) is 7.79. The predicted molar refractivity (Wildman–Crippen MR) is 96.1 cm³/mol. The third-order valence-corrected chi connectivity index (χ3v) is 3.91. The molecule has 120 valence electrons. The molecule has 23 heavy (non-hydrogen) atoms. The summed E-state index contributed by atoms with van der Waals surface area (Å²) in [5.41, 5.74) is 7.79. The van der Waals surface area contributed by atoms with Gasteiger partial charge in [-0.1, -0.05) is 51.1 Å². The van der Waals surface area contributed by atoms with Gasteiger partial charge in [-0.15, -0.1) is 0 Å². The Morgan fingerprint density at radius 3 is 2.09 bits per heavy atom. The van der Waals surface area contributed by atoms with Gasteiger partial charge in [0.05, 0.1) is 6.21 Å². The zero-order valence-electron chi connectivity index (χ0n) is 14.5. The summed E-state index contributed by atoms with van der Waals surface area (Å²) in [7, 11) is 0. The Balaban J connectivity index is 2.06. The van der Waals surface area contributed by atoms with E-state index < -0.39 is 0 Å². The smallest absolute Gasteiger partial charge is 0.267 e. The van der Waals surface area contributed by atoms with Crippen molar-refractivity contribution in [2.45, 2.75) is 40.0 Å². The summed E-state index contributed by atoms with van der Waals surface area (Å²) in [5, 5.41) is 4.09. The Labute approximate surface area is 138 Å². The minimum atomic E-state index is -0.201. The van der Waals surface area contributed by atoms with E-state index in [1.807, 2.05) is 56.3 Å². The van der Waals surface area contributed by atoms with Crippen molar-refractivity contribution in [3.63, 3.8) is 0 Å². The Morgan fingerprint density at radius 1 is 1.00 bits per heavy atom. The van der Waals surface area contributed by atoms with Crippen LogP contribution in [0.3, 0.4) is 0 Å². The zero-order chi connectivity index (χ0) is 17.0. The van der Waals surface area contributed by atoms with Crippen LogP contribution in [0.5, 0.6) is 0 Å². The molecule has 0 aliphatic rings. The fourth-order valence-electron chi connectivity index (χ4n) is 2.37. The molecular formula is C20H24N2O. The number of carbonyl (C=O) groups excluding carboxylic acids is 1. The molecule has 2 aromatic rings. The van der Waals surface area contributed by atoms with Crippen molar-refractivity contribution in [2.24, 2.45) is 5.10 Å². The lowest BCUT2D eigenvalue weighted by molar-refractivity contribution is 0.0955. The van der Waals surface area contributed by atoms with Crippen LogP contribution in [-0.4, -0.2) is 12.1 Å². The minimum Gasteiger partial charge on any atom is -0.267 e. The van der Waals surface area contributed by atoms with E-state index in [0.29, 0.717) is 5.56 Å². The molecular weight excluding hydrogens is 284 g/mol.